The first-order valence-electron chi connectivity index (χ1n) is 2.12. The van der Waals surface area contributed by atoms with Gasteiger partial charge in [-0.05, 0) is 6.07 Å². The van der Waals surface area contributed by atoms with E-state index in [-0.39, 0.29) is 21.7 Å². The first-order chi connectivity index (χ1) is 3.80. The Hall–Kier alpha value is -0.206. The topological polar surface area (TPSA) is 0 Å². The summed E-state index contributed by atoms with van der Waals surface area (Å²) in [6, 6.07) is 5.81. The molecule has 0 aromatic heterocycles. The summed E-state index contributed by atoms with van der Waals surface area (Å²) in [7, 11) is 0. The molecule has 0 spiro atoms. The Morgan fingerprint density at radius 2 is 2.00 bits per heavy atom. The molecule has 0 N–H and O–H groups in total. The van der Waals surface area contributed by atoms with Gasteiger partial charge in [0.15, 0.2) is 11.6 Å². The van der Waals surface area contributed by atoms with Crippen LogP contribution < -0.4 is 0 Å². The maximum Gasteiger partial charge on any atom is 0.166 e. The second kappa shape index (κ2) is 3.75. The van der Waals surface area contributed by atoms with Crippen molar-refractivity contribution in [2.45, 2.75) is 0 Å². The van der Waals surface area contributed by atoms with Crippen LogP contribution in [0.3, 0.4) is 0 Å². The Morgan fingerprint density at radius 3 is 2.33 bits per heavy atom. The smallest absolute Gasteiger partial charge is 0.166 e. The number of rotatable bonds is 0. The molecule has 0 aliphatic carbocycles. The van der Waals surface area contributed by atoms with Crippen molar-refractivity contribution in [1.82, 2.24) is 0 Å². The summed E-state index contributed by atoms with van der Waals surface area (Å²) in [6.45, 7) is 0. The minimum absolute atomic E-state index is 0. The van der Waals surface area contributed by atoms with E-state index in [2.05, 4.69) is 6.07 Å². The van der Waals surface area contributed by atoms with E-state index in [0.717, 1.165) is 6.07 Å². The van der Waals surface area contributed by atoms with E-state index in [4.69, 9.17) is 0 Å². The molecule has 0 saturated heterocycles. The molecular weight excluding hydrogens is 158 g/mol. The minimum atomic E-state index is -0.924. The van der Waals surface area contributed by atoms with E-state index >= 15 is 0 Å². The Bertz CT molecular complexity index is 167. The average molecular weight is 161 g/mol. The van der Waals surface area contributed by atoms with E-state index in [9.17, 15) is 8.78 Å². The molecule has 0 bridgehead atoms. The van der Waals surface area contributed by atoms with Crippen LogP contribution >= 0.6 is 0 Å². The van der Waals surface area contributed by atoms with Crippen LogP contribution in [-0.2, 0) is 21.7 Å². The Balaban J connectivity index is 0.000000640. The molecule has 0 amide bonds. The van der Waals surface area contributed by atoms with Crippen LogP contribution in [0.25, 0.3) is 0 Å². The fraction of sp³-hybridized carbons (Fsp3) is 0. The SMILES string of the molecule is Fc1[c]cccc1F.[Ti]. The molecule has 1 aromatic carbocycles. The molecular formula is C6H3F2Ti. The molecule has 0 nitrogen and oxygen atoms in total. The number of halogens is 2. The summed E-state index contributed by atoms with van der Waals surface area (Å²) in [5, 5.41) is 0. The maximum absolute atomic E-state index is 11.9. The van der Waals surface area contributed by atoms with Gasteiger partial charge in [-0.25, -0.2) is 8.78 Å². The van der Waals surface area contributed by atoms with Crippen LogP contribution in [0.2, 0.25) is 0 Å². The molecule has 1 rings (SSSR count). The van der Waals surface area contributed by atoms with Crippen molar-refractivity contribution in [3.8, 4) is 0 Å². The van der Waals surface area contributed by atoms with Crippen LogP contribution in [0.4, 0.5) is 8.78 Å². The summed E-state index contributed by atoms with van der Waals surface area (Å²) in [4.78, 5) is 0. The van der Waals surface area contributed by atoms with E-state index in [1.54, 1.807) is 0 Å². The Labute approximate surface area is 66.8 Å². The predicted molar refractivity (Wildman–Crippen MR) is 25.2 cm³/mol. The number of hydrogen-bond acceptors (Lipinski definition) is 0. The monoisotopic (exact) mass is 161 g/mol. The molecule has 1 aromatic rings. The molecule has 0 aliphatic heterocycles. The van der Waals surface area contributed by atoms with Gasteiger partial charge in [0.05, 0.1) is 0 Å². The summed E-state index contributed by atoms with van der Waals surface area (Å²) < 4.78 is 23.8. The largest absolute Gasteiger partial charge is 0.204 e. The second-order valence-electron chi connectivity index (χ2n) is 1.33. The zero-order chi connectivity index (χ0) is 5.98. The van der Waals surface area contributed by atoms with Crippen molar-refractivity contribution in [1.29, 1.82) is 0 Å². The third-order valence-corrected chi connectivity index (χ3v) is 0.759. The van der Waals surface area contributed by atoms with E-state index in [1.165, 1.54) is 12.1 Å². The van der Waals surface area contributed by atoms with E-state index in [1.807, 2.05) is 0 Å². The fourth-order valence-electron chi connectivity index (χ4n) is 0.396. The number of hydrogen-bond donors (Lipinski definition) is 0. The van der Waals surface area contributed by atoms with Gasteiger partial charge in [-0.2, -0.15) is 0 Å². The summed E-state index contributed by atoms with van der Waals surface area (Å²) in [5.74, 6) is -1.78. The van der Waals surface area contributed by atoms with Gasteiger partial charge in [-0.1, -0.05) is 12.1 Å². The molecule has 9 heavy (non-hydrogen) atoms. The van der Waals surface area contributed by atoms with Crippen molar-refractivity contribution in [2.75, 3.05) is 0 Å². The van der Waals surface area contributed by atoms with Crippen LogP contribution in [-0.4, -0.2) is 0 Å². The molecule has 0 aliphatic rings. The first-order valence-corrected chi connectivity index (χ1v) is 2.12. The molecule has 0 unspecified atom stereocenters. The Morgan fingerprint density at radius 1 is 1.33 bits per heavy atom. The standard InChI is InChI=1S/C6H3F2.Ti/c7-5-3-1-2-4-6(5)8;/h1-3H;. The minimum Gasteiger partial charge on any atom is -0.204 e. The van der Waals surface area contributed by atoms with Gasteiger partial charge in [-0.3, -0.25) is 0 Å². The van der Waals surface area contributed by atoms with Crippen LogP contribution in [0.1, 0.15) is 0 Å². The van der Waals surface area contributed by atoms with Crippen LogP contribution in [0.15, 0.2) is 18.2 Å². The van der Waals surface area contributed by atoms with E-state index < -0.39 is 11.6 Å². The molecule has 0 atom stereocenters. The normalized spacial score (nSPS) is 8.22. The maximum atomic E-state index is 11.9. The Kier molecular flexibility index (Phi) is 3.67. The average Bonchev–Trinajstić information content (AvgIpc) is 1.77. The first kappa shape index (κ1) is 8.79. The van der Waals surface area contributed by atoms with Crippen LogP contribution in [0, 0.1) is 17.7 Å². The van der Waals surface area contributed by atoms with Crippen LogP contribution in [0.5, 0.6) is 0 Å². The quantitative estimate of drug-likeness (QED) is 0.508. The van der Waals surface area contributed by atoms with Crippen molar-refractivity contribution < 1.29 is 30.5 Å². The van der Waals surface area contributed by atoms with Gasteiger partial charge in [-0.15, -0.1) is 0 Å². The molecule has 1 radical (unpaired) electrons. The third-order valence-electron chi connectivity index (χ3n) is 0.759. The van der Waals surface area contributed by atoms with Crippen molar-refractivity contribution in [3.63, 3.8) is 0 Å². The zero-order valence-electron chi connectivity index (χ0n) is 4.49. The summed E-state index contributed by atoms with van der Waals surface area (Å²) >= 11 is 0. The predicted octanol–water partition coefficient (Wildman–Crippen LogP) is 1.76. The van der Waals surface area contributed by atoms with Gasteiger partial charge in [0.25, 0.3) is 0 Å². The van der Waals surface area contributed by atoms with Gasteiger partial charge < -0.3 is 0 Å². The molecule has 0 saturated carbocycles. The molecule has 0 heterocycles. The molecule has 45 valence electrons. The van der Waals surface area contributed by atoms with E-state index in [0.29, 0.717) is 0 Å². The van der Waals surface area contributed by atoms with Gasteiger partial charge >= 0.3 is 0 Å². The van der Waals surface area contributed by atoms with Gasteiger partial charge in [0.2, 0.25) is 0 Å². The third kappa shape index (κ3) is 2.25. The zero-order valence-corrected chi connectivity index (χ0v) is 6.05. The summed E-state index contributed by atoms with van der Waals surface area (Å²) in [6.07, 6.45) is 0. The van der Waals surface area contributed by atoms with Crippen molar-refractivity contribution in [2.24, 2.45) is 0 Å². The summed E-state index contributed by atoms with van der Waals surface area (Å²) in [5.41, 5.74) is 0. The molecule has 3 heteroatoms. The number of benzene rings is 1. The van der Waals surface area contributed by atoms with Crippen molar-refractivity contribution >= 4 is 0 Å². The van der Waals surface area contributed by atoms with Crippen molar-refractivity contribution in [3.05, 3.63) is 35.9 Å². The van der Waals surface area contributed by atoms with Gasteiger partial charge in [0, 0.05) is 27.8 Å². The second-order valence-corrected chi connectivity index (χ2v) is 1.33. The fourth-order valence-corrected chi connectivity index (χ4v) is 0.396. The van der Waals surface area contributed by atoms with Gasteiger partial charge in [0.1, 0.15) is 0 Å². The molecule has 0 fully saturated rings.